The summed E-state index contributed by atoms with van der Waals surface area (Å²) in [4.78, 5) is 44.9. The topological polar surface area (TPSA) is 108 Å². The zero-order valence-electron chi connectivity index (χ0n) is 19.8. The number of carboxylic acids is 1. The molecule has 2 aromatic carbocycles. The lowest BCUT2D eigenvalue weighted by Crippen LogP contribution is -2.49. The minimum atomic E-state index is -1.34. The third kappa shape index (κ3) is 5.02. The Morgan fingerprint density at radius 3 is 2.65 bits per heavy atom. The van der Waals surface area contributed by atoms with E-state index >= 15 is 4.39 Å². The van der Waals surface area contributed by atoms with Gasteiger partial charge in [0.05, 0.1) is 28.0 Å². The quantitative estimate of drug-likeness (QED) is 0.380. The Morgan fingerprint density at radius 2 is 1.95 bits per heavy atom. The van der Waals surface area contributed by atoms with E-state index in [0.717, 1.165) is 16.3 Å². The van der Waals surface area contributed by atoms with E-state index in [4.69, 9.17) is 11.6 Å². The van der Waals surface area contributed by atoms with Crippen molar-refractivity contribution in [2.24, 2.45) is 0 Å². The number of halogens is 2. The van der Waals surface area contributed by atoms with Gasteiger partial charge in [-0.25, -0.2) is 14.2 Å². The Bertz CT molecular complexity index is 1600. The number of nitrogens with one attached hydrogen (secondary N) is 1. The Hall–Kier alpha value is -3.54. The van der Waals surface area contributed by atoms with Gasteiger partial charge in [0.25, 0.3) is 0 Å². The van der Waals surface area contributed by atoms with E-state index in [0.29, 0.717) is 54.1 Å². The van der Waals surface area contributed by atoms with Crippen LogP contribution in [0.5, 0.6) is 0 Å². The van der Waals surface area contributed by atoms with Crippen molar-refractivity contribution < 1.29 is 19.1 Å². The average Bonchev–Trinajstić information content (AvgIpc) is 3.25. The minimum absolute atomic E-state index is 0.0374. The number of rotatable bonds is 6. The summed E-state index contributed by atoms with van der Waals surface area (Å²) in [7, 11) is 0. The van der Waals surface area contributed by atoms with Crippen molar-refractivity contribution in [2.45, 2.75) is 13.5 Å². The van der Waals surface area contributed by atoms with Crippen molar-refractivity contribution in [3.8, 4) is 0 Å². The summed E-state index contributed by atoms with van der Waals surface area (Å²) in [6.07, 6.45) is 1.30. The van der Waals surface area contributed by atoms with Gasteiger partial charge in [0.2, 0.25) is 11.3 Å². The van der Waals surface area contributed by atoms with Crippen LogP contribution in [-0.2, 0) is 11.3 Å². The molecule has 2 aromatic heterocycles. The highest BCUT2D eigenvalue weighted by atomic mass is 35.5. The molecule has 2 N–H and O–H groups in total. The van der Waals surface area contributed by atoms with Gasteiger partial charge in [0, 0.05) is 49.3 Å². The van der Waals surface area contributed by atoms with Crippen LogP contribution in [0.3, 0.4) is 0 Å². The van der Waals surface area contributed by atoms with E-state index < -0.39 is 17.2 Å². The predicted molar refractivity (Wildman–Crippen MR) is 143 cm³/mol. The molecule has 0 bridgehead atoms. The molecule has 0 unspecified atom stereocenters. The van der Waals surface area contributed by atoms with E-state index in [1.54, 1.807) is 28.8 Å². The largest absolute Gasteiger partial charge is 0.477 e. The molecule has 37 heavy (non-hydrogen) atoms. The highest BCUT2D eigenvalue weighted by Crippen LogP contribution is 2.29. The number of anilines is 2. The van der Waals surface area contributed by atoms with Gasteiger partial charge >= 0.3 is 5.97 Å². The zero-order chi connectivity index (χ0) is 26.3. The Balaban J connectivity index is 1.27. The first-order valence-corrected chi connectivity index (χ1v) is 12.9. The fourth-order valence-corrected chi connectivity index (χ4v) is 5.67. The Kier molecular flexibility index (Phi) is 6.84. The number of piperazine rings is 1. The molecule has 1 aliphatic rings. The van der Waals surface area contributed by atoms with Crippen molar-refractivity contribution in [3.63, 3.8) is 0 Å². The summed E-state index contributed by atoms with van der Waals surface area (Å²) >= 11 is 7.37. The van der Waals surface area contributed by atoms with Crippen molar-refractivity contribution in [2.75, 3.05) is 42.9 Å². The number of carboxylic acid groups (broad SMARTS) is 1. The molecule has 12 heteroatoms. The second kappa shape index (κ2) is 10.1. The number of thiazole rings is 1. The second-order valence-electron chi connectivity index (χ2n) is 8.73. The van der Waals surface area contributed by atoms with Crippen molar-refractivity contribution >= 4 is 66.8 Å². The zero-order valence-corrected chi connectivity index (χ0v) is 21.4. The van der Waals surface area contributed by atoms with E-state index in [1.165, 1.54) is 17.5 Å². The predicted octanol–water partition coefficient (Wildman–Crippen LogP) is 3.88. The molecule has 4 aromatic rings. The van der Waals surface area contributed by atoms with Crippen LogP contribution in [0.4, 0.5) is 15.2 Å². The van der Waals surface area contributed by atoms with E-state index in [2.05, 4.69) is 10.3 Å². The van der Waals surface area contributed by atoms with Crippen LogP contribution in [0.2, 0.25) is 5.02 Å². The number of carbonyl (C=O) groups excluding carboxylic acids is 1. The van der Waals surface area contributed by atoms with Crippen LogP contribution in [0.15, 0.2) is 41.3 Å². The third-order valence-electron chi connectivity index (χ3n) is 6.40. The highest BCUT2D eigenvalue weighted by Gasteiger charge is 2.24. The van der Waals surface area contributed by atoms with Crippen LogP contribution in [0, 0.1) is 5.82 Å². The Morgan fingerprint density at radius 1 is 1.19 bits per heavy atom. The minimum Gasteiger partial charge on any atom is -0.477 e. The van der Waals surface area contributed by atoms with Crippen molar-refractivity contribution in [1.82, 2.24) is 14.5 Å². The molecule has 0 saturated carbocycles. The van der Waals surface area contributed by atoms with E-state index in [-0.39, 0.29) is 23.4 Å². The summed E-state index contributed by atoms with van der Waals surface area (Å²) in [5.41, 5.74) is 0.499. The first kappa shape index (κ1) is 25.1. The number of pyridine rings is 1. The molecule has 192 valence electrons. The molecule has 3 heterocycles. The summed E-state index contributed by atoms with van der Waals surface area (Å²) in [5.74, 6) is -2.11. The van der Waals surface area contributed by atoms with Gasteiger partial charge in [-0.05, 0) is 37.3 Å². The van der Waals surface area contributed by atoms with Gasteiger partial charge in [-0.2, -0.15) is 0 Å². The summed E-state index contributed by atoms with van der Waals surface area (Å²) < 4.78 is 17.6. The number of aromatic carboxylic acids is 1. The summed E-state index contributed by atoms with van der Waals surface area (Å²) in [5, 5.41) is 13.3. The first-order chi connectivity index (χ1) is 17.7. The highest BCUT2D eigenvalue weighted by molar-refractivity contribution is 7.22. The lowest BCUT2D eigenvalue weighted by Gasteiger charge is -2.36. The first-order valence-electron chi connectivity index (χ1n) is 11.7. The number of amides is 1. The van der Waals surface area contributed by atoms with Crippen LogP contribution in [0.1, 0.15) is 17.3 Å². The fourth-order valence-electron chi connectivity index (χ4n) is 4.52. The molecule has 0 aliphatic carbocycles. The molecular weight excluding hydrogens is 521 g/mol. The van der Waals surface area contributed by atoms with Gasteiger partial charge in [-0.3, -0.25) is 14.5 Å². The molecule has 0 atom stereocenters. The van der Waals surface area contributed by atoms with E-state index in [1.807, 2.05) is 16.7 Å². The number of hydrogen-bond donors (Lipinski definition) is 2. The standard InChI is InChI=1S/C25H23ClFN5O4S/c1-2-31-12-16(24(35)36)23(34)15-10-17(27)20(11-19(15)31)32-7-5-30(6-8-32)13-22(33)29-25-28-18-4-3-14(26)9-21(18)37-25/h3-4,9-12H,2,5-8,13H2,1H3,(H,35,36)(H,28,29,33). The number of aromatic nitrogens is 2. The number of fused-ring (bicyclic) bond motifs is 2. The van der Waals surface area contributed by atoms with Crippen molar-refractivity contribution in [3.05, 3.63) is 63.2 Å². The third-order valence-corrected chi connectivity index (χ3v) is 7.57. The molecular formula is C25H23ClFN5O4S. The molecule has 0 radical (unpaired) electrons. The normalized spacial score (nSPS) is 14.4. The molecule has 5 rings (SSSR count). The van der Waals surface area contributed by atoms with Crippen LogP contribution in [0.25, 0.3) is 21.1 Å². The Labute approximate surface area is 219 Å². The molecule has 1 saturated heterocycles. The maximum absolute atomic E-state index is 15.1. The number of aryl methyl sites for hydroxylation is 1. The van der Waals surface area contributed by atoms with Gasteiger partial charge in [0.15, 0.2) is 5.13 Å². The summed E-state index contributed by atoms with van der Waals surface area (Å²) in [6.45, 7) is 4.48. The molecule has 1 amide bonds. The van der Waals surface area contributed by atoms with E-state index in [9.17, 15) is 19.5 Å². The second-order valence-corrected chi connectivity index (χ2v) is 10.2. The molecule has 1 fully saturated rings. The van der Waals surface area contributed by atoms with Gasteiger partial charge in [-0.1, -0.05) is 22.9 Å². The van der Waals surface area contributed by atoms with Crippen LogP contribution < -0.4 is 15.6 Å². The SMILES string of the molecule is CCn1cc(C(=O)O)c(=O)c2cc(F)c(N3CCN(CC(=O)Nc4nc5ccc(Cl)cc5s4)CC3)cc21. The number of nitrogens with zero attached hydrogens (tertiary/aromatic N) is 4. The number of hydrogen-bond acceptors (Lipinski definition) is 7. The van der Waals surface area contributed by atoms with Gasteiger partial charge < -0.3 is 19.9 Å². The molecule has 0 spiro atoms. The lowest BCUT2D eigenvalue weighted by molar-refractivity contribution is -0.117. The monoisotopic (exact) mass is 543 g/mol. The molecule has 9 nitrogen and oxygen atoms in total. The molecule has 1 aliphatic heterocycles. The van der Waals surface area contributed by atoms with Crippen LogP contribution in [-0.4, -0.2) is 64.2 Å². The van der Waals surface area contributed by atoms with Gasteiger partial charge in [0.1, 0.15) is 11.4 Å². The average molecular weight is 544 g/mol. The maximum Gasteiger partial charge on any atom is 0.341 e. The lowest BCUT2D eigenvalue weighted by atomic mass is 10.1. The smallest absolute Gasteiger partial charge is 0.341 e. The fraction of sp³-hybridized carbons (Fsp3) is 0.280. The van der Waals surface area contributed by atoms with Crippen LogP contribution >= 0.6 is 22.9 Å². The maximum atomic E-state index is 15.1. The van der Waals surface area contributed by atoms with Crippen molar-refractivity contribution in [1.29, 1.82) is 0 Å². The summed E-state index contributed by atoms with van der Waals surface area (Å²) in [6, 6.07) is 8.08. The number of benzene rings is 2. The van der Waals surface area contributed by atoms with Gasteiger partial charge in [-0.15, -0.1) is 0 Å². The number of carbonyl (C=O) groups is 2.